The van der Waals surface area contributed by atoms with Gasteiger partial charge in [0.2, 0.25) is 5.91 Å². The lowest BCUT2D eigenvalue weighted by atomic mass is 10.1. The molecule has 2 N–H and O–H groups in total. The van der Waals surface area contributed by atoms with Gasteiger partial charge in [0, 0.05) is 18.3 Å². The Morgan fingerprint density at radius 3 is 2.04 bits per heavy atom. The summed E-state index contributed by atoms with van der Waals surface area (Å²) in [7, 11) is -2.18. The fourth-order valence-electron chi connectivity index (χ4n) is 2.05. The lowest BCUT2D eigenvalue weighted by Gasteiger charge is -2.09. The maximum Gasteiger partial charge on any atom is 0.261 e. The minimum absolute atomic E-state index is 0.0712. The molecule has 1 amide bonds. The largest absolute Gasteiger partial charge is 0.359 e. The van der Waals surface area contributed by atoms with Crippen LogP contribution < -0.4 is 10.0 Å². The summed E-state index contributed by atoms with van der Waals surface area (Å²) in [6.07, 6.45) is 0.232. The van der Waals surface area contributed by atoms with E-state index in [0.717, 1.165) is 5.56 Å². The van der Waals surface area contributed by atoms with Crippen LogP contribution in [0.25, 0.3) is 0 Å². The minimum Gasteiger partial charge on any atom is -0.359 e. The number of carbonyl (C=O) groups excluding carboxylic acids is 2. The Hall–Kier alpha value is -2.67. The summed E-state index contributed by atoms with van der Waals surface area (Å²) >= 11 is 0. The van der Waals surface area contributed by atoms with E-state index < -0.39 is 10.0 Å². The summed E-state index contributed by atoms with van der Waals surface area (Å²) in [5.41, 5.74) is 1.63. The number of sulfonamides is 1. The van der Waals surface area contributed by atoms with Crippen LogP contribution in [0.3, 0.4) is 0 Å². The van der Waals surface area contributed by atoms with E-state index >= 15 is 0 Å². The minimum atomic E-state index is -3.74. The quantitative estimate of drug-likeness (QED) is 0.782. The van der Waals surface area contributed by atoms with E-state index in [9.17, 15) is 18.0 Å². The first-order valence-electron chi connectivity index (χ1n) is 7.25. The fourth-order valence-corrected chi connectivity index (χ4v) is 3.11. The van der Waals surface area contributed by atoms with Crippen LogP contribution in [0.5, 0.6) is 0 Å². The summed E-state index contributed by atoms with van der Waals surface area (Å²) in [6, 6.07) is 12.3. The molecule has 2 aromatic rings. The van der Waals surface area contributed by atoms with Crippen LogP contribution in [0.4, 0.5) is 5.69 Å². The first-order valence-corrected chi connectivity index (χ1v) is 8.73. The van der Waals surface area contributed by atoms with Crippen LogP contribution in [-0.4, -0.2) is 27.2 Å². The van der Waals surface area contributed by atoms with Crippen molar-refractivity contribution in [3.05, 3.63) is 59.7 Å². The van der Waals surface area contributed by atoms with Crippen molar-refractivity contribution in [2.75, 3.05) is 11.8 Å². The molecule has 0 spiro atoms. The third-order valence-electron chi connectivity index (χ3n) is 3.42. The Morgan fingerprint density at radius 1 is 0.958 bits per heavy atom. The second kappa shape index (κ2) is 7.27. The van der Waals surface area contributed by atoms with Gasteiger partial charge >= 0.3 is 0 Å². The van der Waals surface area contributed by atoms with Gasteiger partial charge in [-0.2, -0.15) is 0 Å². The molecule has 0 saturated heterocycles. The predicted octanol–water partition coefficient (Wildman–Crippen LogP) is 1.98. The fraction of sp³-hybridized carbons (Fsp3) is 0.176. The highest BCUT2D eigenvalue weighted by atomic mass is 32.2. The highest BCUT2D eigenvalue weighted by Gasteiger charge is 2.14. The van der Waals surface area contributed by atoms with Gasteiger partial charge in [-0.05, 0) is 36.8 Å². The number of nitrogens with one attached hydrogen (secondary N) is 2. The van der Waals surface area contributed by atoms with Crippen molar-refractivity contribution in [3.8, 4) is 0 Å². The highest BCUT2D eigenvalue weighted by Crippen LogP contribution is 2.17. The van der Waals surface area contributed by atoms with Gasteiger partial charge in [-0.15, -0.1) is 0 Å². The molecule has 0 bridgehead atoms. The summed E-state index contributed by atoms with van der Waals surface area (Å²) in [4.78, 5) is 22.6. The SMILES string of the molecule is CNC(=O)Cc1ccc(NS(=O)(=O)c2ccc(C(C)=O)cc2)cc1. The Labute approximate surface area is 140 Å². The average Bonchev–Trinajstić information content (AvgIpc) is 2.56. The van der Waals surface area contributed by atoms with Crippen molar-refractivity contribution in [2.45, 2.75) is 18.2 Å². The van der Waals surface area contributed by atoms with E-state index in [1.165, 1.54) is 31.2 Å². The van der Waals surface area contributed by atoms with Gasteiger partial charge < -0.3 is 5.32 Å². The molecule has 0 aromatic heterocycles. The molecule has 6 nitrogen and oxygen atoms in total. The number of hydrogen-bond donors (Lipinski definition) is 2. The van der Waals surface area contributed by atoms with Crippen molar-refractivity contribution in [1.82, 2.24) is 5.32 Å². The van der Waals surface area contributed by atoms with E-state index in [4.69, 9.17) is 0 Å². The molecule has 2 rings (SSSR count). The molecule has 0 saturated carbocycles. The number of rotatable bonds is 6. The second-order valence-corrected chi connectivity index (χ2v) is 6.92. The van der Waals surface area contributed by atoms with Crippen molar-refractivity contribution in [3.63, 3.8) is 0 Å². The molecule has 0 unspecified atom stereocenters. The van der Waals surface area contributed by atoms with Gasteiger partial charge in [-0.1, -0.05) is 24.3 Å². The molecule has 0 aliphatic heterocycles. The van der Waals surface area contributed by atoms with Crippen LogP contribution in [0.15, 0.2) is 53.4 Å². The molecule has 0 atom stereocenters. The Morgan fingerprint density at radius 2 is 1.54 bits per heavy atom. The topological polar surface area (TPSA) is 92.3 Å². The first-order chi connectivity index (χ1) is 11.3. The van der Waals surface area contributed by atoms with Gasteiger partial charge in [0.25, 0.3) is 10.0 Å². The molecule has 2 aromatic carbocycles. The van der Waals surface area contributed by atoms with Crippen molar-refractivity contribution < 1.29 is 18.0 Å². The maximum absolute atomic E-state index is 12.3. The summed E-state index contributed by atoms with van der Waals surface area (Å²) in [5.74, 6) is -0.243. The van der Waals surface area contributed by atoms with E-state index in [1.807, 2.05) is 0 Å². The van der Waals surface area contributed by atoms with Gasteiger partial charge in [0.15, 0.2) is 5.78 Å². The maximum atomic E-state index is 12.3. The molecule has 0 heterocycles. The van der Waals surface area contributed by atoms with E-state index in [2.05, 4.69) is 10.0 Å². The van der Waals surface area contributed by atoms with Gasteiger partial charge in [0.1, 0.15) is 0 Å². The number of ketones is 1. The zero-order valence-corrected chi connectivity index (χ0v) is 14.2. The van der Waals surface area contributed by atoms with Crippen LogP contribution in [-0.2, 0) is 21.2 Å². The van der Waals surface area contributed by atoms with E-state index in [1.54, 1.807) is 31.3 Å². The number of hydrogen-bond acceptors (Lipinski definition) is 4. The van der Waals surface area contributed by atoms with Crippen molar-refractivity contribution in [1.29, 1.82) is 0 Å². The van der Waals surface area contributed by atoms with Gasteiger partial charge in [0.05, 0.1) is 11.3 Å². The number of anilines is 1. The Bertz CT molecular complexity index is 841. The van der Waals surface area contributed by atoms with E-state index in [-0.39, 0.29) is 23.0 Å². The van der Waals surface area contributed by atoms with Crippen LogP contribution in [0.2, 0.25) is 0 Å². The smallest absolute Gasteiger partial charge is 0.261 e. The van der Waals surface area contributed by atoms with Crippen LogP contribution >= 0.6 is 0 Å². The van der Waals surface area contributed by atoms with Crippen molar-refractivity contribution >= 4 is 27.4 Å². The molecular formula is C17H18N2O4S. The standard InChI is InChI=1S/C17H18N2O4S/c1-12(20)14-5-9-16(10-6-14)24(22,23)19-15-7-3-13(4-8-15)11-17(21)18-2/h3-10,19H,11H2,1-2H3,(H,18,21). The monoisotopic (exact) mass is 346 g/mol. The Balaban J connectivity index is 2.13. The summed E-state index contributed by atoms with van der Waals surface area (Å²) < 4.78 is 27.1. The van der Waals surface area contributed by atoms with Crippen molar-refractivity contribution in [2.24, 2.45) is 0 Å². The molecule has 0 radical (unpaired) electrons. The second-order valence-electron chi connectivity index (χ2n) is 5.23. The predicted molar refractivity (Wildman–Crippen MR) is 91.5 cm³/mol. The number of amides is 1. The number of likely N-dealkylation sites (N-methyl/N-ethyl adjacent to an activating group) is 1. The molecule has 0 aliphatic rings. The average molecular weight is 346 g/mol. The number of Topliss-reactive ketones (excluding diaryl/α,β-unsaturated/α-hetero) is 1. The van der Waals surface area contributed by atoms with E-state index in [0.29, 0.717) is 11.3 Å². The zero-order chi connectivity index (χ0) is 17.7. The third kappa shape index (κ3) is 4.42. The molecule has 7 heteroatoms. The molecule has 0 fully saturated rings. The highest BCUT2D eigenvalue weighted by molar-refractivity contribution is 7.92. The van der Waals surface area contributed by atoms with Crippen LogP contribution in [0, 0.1) is 0 Å². The van der Waals surface area contributed by atoms with Gasteiger partial charge in [-0.3, -0.25) is 14.3 Å². The number of benzene rings is 2. The molecule has 126 valence electrons. The number of carbonyl (C=O) groups is 2. The molecule has 0 aliphatic carbocycles. The first kappa shape index (κ1) is 17.7. The summed E-state index contributed by atoms with van der Waals surface area (Å²) in [5, 5.41) is 2.53. The molecule has 24 heavy (non-hydrogen) atoms. The third-order valence-corrected chi connectivity index (χ3v) is 4.82. The van der Waals surface area contributed by atoms with Gasteiger partial charge in [-0.25, -0.2) is 8.42 Å². The lowest BCUT2D eigenvalue weighted by Crippen LogP contribution is -2.19. The molecular weight excluding hydrogens is 328 g/mol. The normalized spacial score (nSPS) is 10.9. The van der Waals surface area contributed by atoms with Crippen LogP contribution in [0.1, 0.15) is 22.8 Å². The zero-order valence-electron chi connectivity index (χ0n) is 13.4. The summed E-state index contributed by atoms with van der Waals surface area (Å²) in [6.45, 7) is 1.42. The lowest BCUT2D eigenvalue weighted by molar-refractivity contribution is -0.119. The Kier molecular flexibility index (Phi) is 5.35.